The van der Waals surface area contributed by atoms with Crippen LogP contribution < -0.4 is 5.32 Å². The van der Waals surface area contributed by atoms with Crippen LogP contribution in [0.25, 0.3) is 0 Å². The lowest BCUT2D eigenvalue weighted by Crippen LogP contribution is -2.22. The Hall–Kier alpha value is -1.84. The molecule has 0 radical (unpaired) electrons. The molecule has 1 N–H and O–H groups in total. The third kappa shape index (κ3) is 3.87. The van der Waals surface area contributed by atoms with Crippen LogP contribution in [0.4, 0.5) is 0 Å². The maximum atomic E-state index is 11.5. The second-order valence-corrected chi connectivity index (χ2v) is 5.80. The molecule has 0 saturated carbocycles. The third-order valence-corrected chi connectivity index (χ3v) is 4.24. The molecule has 0 spiro atoms. The van der Waals surface area contributed by atoms with Gasteiger partial charge in [-0.3, -0.25) is 9.69 Å². The van der Waals surface area contributed by atoms with Gasteiger partial charge in [0.15, 0.2) is 0 Å². The summed E-state index contributed by atoms with van der Waals surface area (Å²) in [6, 6.07) is 15.8. The molecular formula is C18H21ClN2O. The van der Waals surface area contributed by atoms with Gasteiger partial charge in [-0.25, -0.2) is 0 Å². The fourth-order valence-electron chi connectivity index (χ4n) is 2.38. The molecule has 0 aromatic heterocycles. The monoisotopic (exact) mass is 316 g/mol. The lowest BCUT2D eigenvalue weighted by Gasteiger charge is -2.26. The van der Waals surface area contributed by atoms with Crippen LogP contribution in [0.15, 0.2) is 48.5 Å². The van der Waals surface area contributed by atoms with Crippen molar-refractivity contribution >= 4 is 17.5 Å². The standard InChI is InChI=1S/C18H21ClN2O/c1-13(16-6-4-5-7-17(16)19)21(3)12-14-8-10-15(11-9-14)18(22)20-2/h4-11,13H,12H2,1-3H3,(H,20,22)/t13-/m1/s1. The van der Waals surface area contributed by atoms with Gasteiger partial charge in [-0.05, 0) is 43.3 Å². The fourth-order valence-corrected chi connectivity index (χ4v) is 2.68. The molecule has 0 unspecified atom stereocenters. The summed E-state index contributed by atoms with van der Waals surface area (Å²) in [7, 11) is 3.70. The van der Waals surface area contributed by atoms with Gasteiger partial charge < -0.3 is 5.32 Å². The van der Waals surface area contributed by atoms with Crippen molar-refractivity contribution in [3.05, 3.63) is 70.2 Å². The molecule has 0 fully saturated rings. The Balaban J connectivity index is 2.07. The minimum absolute atomic E-state index is 0.0654. The Morgan fingerprint density at radius 3 is 2.41 bits per heavy atom. The minimum atomic E-state index is -0.0654. The molecular weight excluding hydrogens is 296 g/mol. The smallest absolute Gasteiger partial charge is 0.251 e. The predicted molar refractivity (Wildman–Crippen MR) is 91.2 cm³/mol. The van der Waals surface area contributed by atoms with E-state index in [-0.39, 0.29) is 11.9 Å². The molecule has 0 bridgehead atoms. The summed E-state index contributed by atoms with van der Waals surface area (Å²) in [5.41, 5.74) is 2.95. The van der Waals surface area contributed by atoms with E-state index in [9.17, 15) is 4.79 Å². The molecule has 1 atom stereocenters. The maximum Gasteiger partial charge on any atom is 0.251 e. The van der Waals surface area contributed by atoms with Crippen molar-refractivity contribution in [3.8, 4) is 0 Å². The summed E-state index contributed by atoms with van der Waals surface area (Å²) in [4.78, 5) is 13.8. The summed E-state index contributed by atoms with van der Waals surface area (Å²) in [5.74, 6) is -0.0654. The number of halogens is 1. The predicted octanol–water partition coefficient (Wildman–Crippen LogP) is 3.89. The summed E-state index contributed by atoms with van der Waals surface area (Å²) in [6.45, 7) is 2.93. The van der Waals surface area contributed by atoms with Gasteiger partial charge in [0.2, 0.25) is 0 Å². The lowest BCUT2D eigenvalue weighted by atomic mass is 10.1. The topological polar surface area (TPSA) is 32.3 Å². The van der Waals surface area contributed by atoms with Crippen molar-refractivity contribution in [2.75, 3.05) is 14.1 Å². The molecule has 2 aromatic rings. The van der Waals surface area contributed by atoms with Crippen LogP contribution in [0, 0.1) is 0 Å². The summed E-state index contributed by atoms with van der Waals surface area (Å²) in [5, 5.41) is 3.41. The zero-order valence-corrected chi connectivity index (χ0v) is 13.9. The average Bonchev–Trinajstić information content (AvgIpc) is 2.54. The second kappa shape index (κ2) is 7.43. The van der Waals surface area contributed by atoms with E-state index in [1.54, 1.807) is 7.05 Å². The van der Waals surface area contributed by atoms with Crippen LogP contribution in [-0.4, -0.2) is 24.9 Å². The van der Waals surface area contributed by atoms with Gasteiger partial charge in [0.1, 0.15) is 0 Å². The van der Waals surface area contributed by atoms with Crippen molar-refractivity contribution in [1.82, 2.24) is 10.2 Å². The molecule has 3 nitrogen and oxygen atoms in total. The van der Waals surface area contributed by atoms with E-state index < -0.39 is 0 Å². The van der Waals surface area contributed by atoms with Gasteiger partial charge in [-0.15, -0.1) is 0 Å². The second-order valence-electron chi connectivity index (χ2n) is 5.39. The van der Waals surface area contributed by atoms with Crippen molar-refractivity contribution in [3.63, 3.8) is 0 Å². The minimum Gasteiger partial charge on any atom is -0.355 e. The molecule has 0 aliphatic rings. The van der Waals surface area contributed by atoms with Crippen LogP contribution in [0.2, 0.25) is 5.02 Å². The number of nitrogens with zero attached hydrogens (tertiary/aromatic N) is 1. The van der Waals surface area contributed by atoms with Crippen LogP contribution in [-0.2, 0) is 6.54 Å². The van der Waals surface area contributed by atoms with Crippen LogP contribution in [0.3, 0.4) is 0 Å². The summed E-state index contributed by atoms with van der Waals surface area (Å²) in [6.07, 6.45) is 0. The number of nitrogens with one attached hydrogen (secondary N) is 1. The number of hydrogen-bond acceptors (Lipinski definition) is 2. The Labute approximate surface area is 136 Å². The Morgan fingerprint density at radius 2 is 1.82 bits per heavy atom. The largest absolute Gasteiger partial charge is 0.355 e. The van der Waals surface area contributed by atoms with E-state index >= 15 is 0 Å². The number of amides is 1. The van der Waals surface area contributed by atoms with Crippen molar-refractivity contribution < 1.29 is 4.79 Å². The van der Waals surface area contributed by atoms with E-state index in [1.165, 1.54) is 0 Å². The average molecular weight is 317 g/mol. The Morgan fingerprint density at radius 1 is 1.18 bits per heavy atom. The van der Waals surface area contributed by atoms with Crippen LogP contribution >= 0.6 is 11.6 Å². The number of rotatable bonds is 5. The summed E-state index contributed by atoms with van der Waals surface area (Å²) >= 11 is 6.27. The fraction of sp³-hybridized carbons (Fsp3) is 0.278. The summed E-state index contributed by atoms with van der Waals surface area (Å²) < 4.78 is 0. The highest BCUT2D eigenvalue weighted by molar-refractivity contribution is 6.31. The first-order chi connectivity index (χ1) is 10.5. The van der Waals surface area contributed by atoms with Gasteiger partial charge >= 0.3 is 0 Å². The molecule has 0 aliphatic carbocycles. The van der Waals surface area contributed by atoms with E-state index in [0.717, 1.165) is 22.7 Å². The molecule has 22 heavy (non-hydrogen) atoms. The van der Waals surface area contributed by atoms with E-state index in [2.05, 4.69) is 30.3 Å². The number of carbonyl (C=O) groups excluding carboxylic acids is 1. The SMILES string of the molecule is CNC(=O)c1ccc(CN(C)[C@H](C)c2ccccc2Cl)cc1. The van der Waals surface area contributed by atoms with Crippen LogP contribution in [0.5, 0.6) is 0 Å². The van der Waals surface area contributed by atoms with Crippen molar-refractivity contribution in [1.29, 1.82) is 0 Å². The highest BCUT2D eigenvalue weighted by Crippen LogP contribution is 2.27. The first kappa shape index (κ1) is 16.5. The molecule has 2 aromatic carbocycles. The molecule has 0 aliphatic heterocycles. The van der Waals surface area contributed by atoms with Gasteiger partial charge in [0.05, 0.1) is 0 Å². The van der Waals surface area contributed by atoms with Gasteiger partial charge in [-0.2, -0.15) is 0 Å². The normalized spacial score (nSPS) is 12.2. The van der Waals surface area contributed by atoms with E-state index in [4.69, 9.17) is 11.6 Å². The molecule has 116 valence electrons. The van der Waals surface area contributed by atoms with Crippen molar-refractivity contribution in [2.24, 2.45) is 0 Å². The van der Waals surface area contributed by atoms with E-state index in [0.29, 0.717) is 5.56 Å². The lowest BCUT2D eigenvalue weighted by molar-refractivity contribution is 0.0963. The van der Waals surface area contributed by atoms with E-state index in [1.807, 2.05) is 42.5 Å². The zero-order chi connectivity index (χ0) is 16.1. The quantitative estimate of drug-likeness (QED) is 0.907. The molecule has 0 heterocycles. The molecule has 0 saturated heterocycles. The Bertz CT molecular complexity index is 640. The van der Waals surface area contributed by atoms with Crippen LogP contribution in [0.1, 0.15) is 34.5 Å². The number of benzene rings is 2. The van der Waals surface area contributed by atoms with Crippen molar-refractivity contribution in [2.45, 2.75) is 19.5 Å². The molecule has 2 rings (SSSR count). The highest BCUT2D eigenvalue weighted by Gasteiger charge is 2.14. The first-order valence-electron chi connectivity index (χ1n) is 7.28. The van der Waals surface area contributed by atoms with Gasteiger partial charge in [-0.1, -0.05) is 41.9 Å². The Kier molecular flexibility index (Phi) is 5.58. The zero-order valence-electron chi connectivity index (χ0n) is 13.1. The molecule has 4 heteroatoms. The number of carbonyl (C=O) groups is 1. The van der Waals surface area contributed by atoms with Gasteiger partial charge in [0.25, 0.3) is 5.91 Å². The molecule has 1 amide bonds. The third-order valence-electron chi connectivity index (χ3n) is 3.89. The maximum absolute atomic E-state index is 11.5. The first-order valence-corrected chi connectivity index (χ1v) is 7.66. The highest BCUT2D eigenvalue weighted by atomic mass is 35.5. The van der Waals surface area contributed by atoms with Gasteiger partial charge in [0, 0.05) is 30.2 Å². The number of hydrogen-bond donors (Lipinski definition) is 1.